The predicted molar refractivity (Wildman–Crippen MR) is 82.4 cm³/mol. The van der Waals surface area contributed by atoms with Gasteiger partial charge in [-0.3, -0.25) is 0 Å². The number of fused-ring (bicyclic) bond motifs is 1. The lowest BCUT2D eigenvalue weighted by Crippen LogP contribution is -1.83. The van der Waals surface area contributed by atoms with Crippen molar-refractivity contribution in [3.05, 3.63) is 66.4 Å². The van der Waals surface area contributed by atoms with Crippen LogP contribution >= 0.6 is 0 Å². The summed E-state index contributed by atoms with van der Waals surface area (Å²) in [4.78, 5) is 3.36. The van der Waals surface area contributed by atoms with Crippen molar-refractivity contribution >= 4 is 29.1 Å². The highest BCUT2D eigenvalue weighted by atomic mass is 14.7. The molecular formula is C17H17N. The molecule has 0 atom stereocenters. The summed E-state index contributed by atoms with van der Waals surface area (Å²) in [6.07, 6.45) is 9.52. The second-order valence-corrected chi connectivity index (χ2v) is 4.17. The van der Waals surface area contributed by atoms with Gasteiger partial charge in [0.25, 0.3) is 0 Å². The fourth-order valence-electron chi connectivity index (χ4n) is 2.22. The molecule has 0 aliphatic carbocycles. The SMILES string of the molecule is C=C/C=C\c1c(C)ccc2[nH]c(C=C)c(C=C)c12. The van der Waals surface area contributed by atoms with E-state index >= 15 is 0 Å². The molecule has 1 heteroatoms. The number of hydrogen-bond donors (Lipinski definition) is 1. The summed E-state index contributed by atoms with van der Waals surface area (Å²) in [6.45, 7) is 13.6. The summed E-state index contributed by atoms with van der Waals surface area (Å²) in [6, 6.07) is 4.21. The van der Waals surface area contributed by atoms with Gasteiger partial charge in [0, 0.05) is 22.2 Å². The number of aromatic nitrogens is 1. The lowest BCUT2D eigenvalue weighted by atomic mass is 9.99. The number of aromatic amines is 1. The molecule has 0 unspecified atom stereocenters. The Hall–Kier alpha value is -2.28. The van der Waals surface area contributed by atoms with Crippen LogP contribution in [-0.4, -0.2) is 4.98 Å². The third-order valence-electron chi connectivity index (χ3n) is 3.10. The van der Waals surface area contributed by atoms with Crippen molar-refractivity contribution < 1.29 is 0 Å². The highest BCUT2D eigenvalue weighted by Crippen LogP contribution is 2.30. The number of benzene rings is 1. The van der Waals surface area contributed by atoms with Crippen molar-refractivity contribution in [2.75, 3.05) is 0 Å². The number of H-pyrrole nitrogens is 1. The molecule has 90 valence electrons. The lowest BCUT2D eigenvalue weighted by Gasteiger charge is -2.04. The van der Waals surface area contributed by atoms with E-state index in [1.54, 1.807) is 6.08 Å². The van der Waals surface area contributed by atoms with Crippen LogP contribution in [0.5, 0.6) is 0 Å². The van der Waals surface area contributed by atoms with E-state index in [0.29, 0.717) is 0 Å². The highest BCUT2D eigenvalue weighted by Gasteiger charge is 2.10. The summed E-state index contributed by atoms with van der Waals surface area (Å²) < 4.78 is 0. The molecule has 0 saturated heterocycles. The first-order chi connectivity index (χ1) is 8.72. The first-order valence-corrected chi connectivity index (χ1v) is 5.92. The molecule has 2 rings (SSSR count). The van der Waals surface area contributed by atoms with Gasteiger partial charge in [-0.2, -0.15) is 0 Å². The summed E-state index contributed by atoms with van der Waals surface area (Å²) in [5, 5.41) is 1.19. The van der Waals surface area contributed by atoms with Crippen LogP contribution in [0.15, 0.2) is 44.0 Å². The summed E-state index contributed by atoms with van der Waals surface area (Å²) in [7, 11) is 0. The summed E-state index contributed by atoms with van der Waals surface area (Å²) in [5.74, 6) is 0. The van der Waals surface area contributed by atoms with Crippen LogP contribution in [0.3, 0.4) is 0 Å². The molecule has 1 heterocycles. The van der Waals surface area contributed by atoms with E-state index in [4.69, 9.17) is 0 Å². The predicted octanol–water partition coefficient (Wildman–Crippen LogP) is 4.96. The van der Waals surface area contributed by atoms with Crippen LogP contribution in [0, 0.1) is 6.92 Å². The van der Waals surface area contributed by atoms with Crippen LogP contribution in [0.2, 0.25) is 0 Å². The molecule has 0 bridgehead atoms. The Labute approximate surface area is 108 Å². The molecule has 1 N–H and O–H groups in total. The van der Waals surface area contributed by atoms with Gasteiger partial charge in [-0.15, -0.1) is 0 Å². The first-order valence-electron chi connectivity index (χ1n) is 5.92. The van der Waals surface area contributed by atoms with Crippen molar-refractivity contribution in [3.63, 3.8) is 0 Å². The topological polar surface area (TPSA) is 15.8 Å². The van der Waals surface area contributed by atoms with Gasteiger partial charge in [-0.1, -0.05) is 50.1 Å². The van der Waals surface area contributed by atoms with Crippen molar-refractivity contribution in [1.29, 1.82) is 0 Å². The Bertz CT molecular complexity index is 654. The highest BCUT2D eigenvalue weighted by molar-refractivity contribution is 5.99. The van der Waals surface area contributed by atoms with Gasteiger partial charge in [0.05, 0.1) is 0 Å². The molecule has 0 fully saturated rings. The monoisotopic (exact) mass is 235 g/mol. The number of aryl methyl sites for hydroxylation is 1. The Morgan fingerprint density at radius 2 is 1.83 bits per heavy atom. The number of rotatable bonds is 4. The van der Waals surface area contributed by atoms with E-state index in [-0.39, 0.29) is 0 Å². The maximum atomic E-state index is 3.90. The Balaban J connectivity index is 2.89. The van der Waals surface area contributed by atoms with E-state index in [9.17, 15) is 0 Å². The molecule has 0 spiro atoms. The van der Waals surface area contributed by atoms with E-state index < -0.39 is 0 Å². The molecule has 1 nitrogen and oxygen atoms in total. The zero-order chi connectivity index (χ0) is 13.1. The molecule has 1 aromatic carbocycles. The van der Waals surface area contributed by atoms with Crippen molar-refractivity contribution in [1.82, 2.24) is 4.98 Å². The molecule has 1 aromatic heterocycles. The smallest absolute Gasteiger partial charge is 0.0471 e. The van der Waals surface area contributed by atoms with Crippen molar-refractivity contribution in [2.45, 2.75) is 6.92 Å². The molecule has 0 saturated carbocycles. The standard InChI is InChI=1S/C17H17N/c1-5-8-9-14-12(4)10-11-16-17(14)13(6-2)15(7-3)18-16/h5-11,18H,1-3H2,4H3/b9-8-. The zero-order valence-corrected chi connectivity index (χ0v) is 10.7. The minimum absolute atomic E-state index is 1.01. The van der Waals surface area contributed by atoms with Crippen molar-refractivity contribution in [2.24, 2.45) is 0 Å². The minimum atomic E-state index is 1.01. The molecule has 18 heavy (non-hydrogen) atoms. The van der Waals surface area contributed by atoms with Crippen LogP contribution < -0.4 is 0 Å². The van der Waals surface area contributed by atoms with Gasteiger partial charge in [0.1, 0.15) is 0 Å². The van der Waals surface area contributed by atoms with Gasteiger partial charge in [0.2, 0.25) is 0 Å². The van der Waals surface area contributed by atoms with Crippen LogP contribution in [0.1, 0.15) is 22.4 Å². The van der Waals surface area contributed by atoms with E-state index in [0.717, 1.165) is 16.8 Å². The summed E-state index contributed by atoms with van der Waals surface area (Å²) in [5.41, 5.74) is 5.66. The van der Waals surface area contributed by atoms with Crippen LogP contribution in [0.25, 0.3) is 29.1 Å². The van der Waals surface area contributed by atoms with Gasteiger partial charge in [0.15, 0.2) is 0 Å². The normalized spacial score (nSPS) is 10.9. The van der Waals surface area contributed by atoms with Gasteiger partial charge in [-0.25, -0.2) is 0 Å². The first kappa shape index (κ1) is 12.2. The number of nitrogens with one attached hydrogen (secondary N) is 1. The van der Waals surface area contributed by atoms with Crippen LogP contribution in [-0.2, 0) is 0 Å². The van der Waals surface area contributed by atoms with Gasteiger partial charge < -0.3 is 4.98 Å². The third kappa shape index (κ3) is 1.84. The molecule has 0 aliphatic rings. The number of allylic oxidation sites excluding steroid dienone is 2. The summed E-state index contributed by atoms with van der Waals surface area (Å²) >= 11 is 0. The molecule has 0 radical (unpaired) electrons. The quantitative estimate of drug-likeness (QED) is 0.721. The van der Waals surface area contributed by atoms with Crippen molar-refractivity contribution in [3.8, 4) is 0 Å². The molecular weight excluding hydrogens is 218 g/mol. The second kappa shape index (κ2) is 4.92. The van der Waals surface area contributed by atoms with E-state index in [1.807, 2.05) is 18.2 Å². The maximum absolute atomic E-state index is 3.90. The second-order valence-electron chi connectivity index (χ2n) is 4.17. The van der Waals surface area contributed by atoms with Crippen LogP contribution in [0.4, 0.5) is 0 Å². The van der Waals surface area contributed by atoms with E-state index in [1.165, 1.54) is 16.5 Å². The fourth-order valence-corrected chi connectivity index (χ4v) is 2.22. The Kier molecular flexibility index (Phi) is 3.33. The molecule has 0 amide bonds. The largest absolute Gasteiger partial charge is 0.355 e. The fraction of sp³-hybridized carbons (Fsp3) is 0.0588. The van der Waals surface area contributed by atoms with Gasteiger partial charge >= 0.3 is 0 Å². The number of hydrogen-bond acceptors (Lipinski definition) is 0. The van der Waals surface area contributed by atoms with E-state index in [2.05, 4.69) is 49.9 Å². The van der Waals surface area contributed by atoms with Gasteiger partial charge in [-0.05, 0) is 30.2 Å². The molecule has 2 aromatic rings. The Morgan fingerprint density at radius 3 is 2.44 bits per heavy atom. The average Bonchev–Trinajstić information content (AvgIpc) is 2.75. The Morgan fingerprint density at radius 1 is 1.06 bits per heavy atom. The average molecular weight is 235 g/mol. The lowest BCUT2D eigenvalue weighted by molar-refractivity contribution is 1.42. The third-order valence-corrected chi connectivity index (χ3v) is 3.10. The molecule has 0 aliphatic heterocycles. The maximum Gasteiger partial charge on any atom is 0.0471 e. The minimum Gasteiger partial charge on any atom is -0.355 e. The zero-order valence-electron chi connectivity index (χ0n) is 10.7.